The molecule has 0 aromatic heterocycles. The highest BCUT2D eigenvalue weighted by Crippen LogP contribution is 2.31. The number of hydrogen-bond donors (Lipinski definition) is 0. The molecule has 0 bridgehead atoms. The third kappa shape index (κ3) is 5.16. The van der Waals surface area contributed by atoms with E-state index in [1.54, 1.807) is 0 Å². The van der Waals surface area contributed by atoms with Crippen LogP contribution in [0.1, 0.15) is 12.8 Å². The predicted octanol–water partition coefficient (Wildman–Crippen LogP) is 2.96. The molecule has 0 aromatic carbocycles. The first-order chi connectivity index (χ1) is 5.94. The van der Waals surface area contributed by atoms with E-state index in [9.17, 15) is 4.79 Å². The Balaban J connectivity index is 4.07. The van der Waals surface area contributed by atoms with Gasteiger partial charge >= 0.3 is 5.97 Å². The van der Waals surface area contributed by atoms with E-state index in [1.807, 2.05) is 0 Å². The maximum atomic E-state index is 11.0. The number of methoxy groups -OCH3 is 1. The Morgan fingerprint density at radius 3 is 2.46 bits per heavy atom. The Labute approximate surface area is 97.4 Å². The number of carbonyl (C=O) groups is 1. The van der Waals surface area contributed by atoms with Crippen LogP contribution in [0.25, 0.3) is 0 Å². The first-order valence-electron chi connectivity index (χ1n) is 3.60. The SMILES string of the molecule is COC(=O)C(Cl)(Cl)CC(Cl)CCCl. The number of alkyl halides is 4. The fourth-order valence-corrected chi connectivity index (χ4v) is 2.13. The second-order valence-electron chi connectivity index (χ2n) is 2.48. The average Bonchev–Trinajstić information content (AvgIpc) is 2.02. The van der Waals surface area contributed by atoms with Crippen molar-refractivity contribution in [2.45, 2.75) is 22.6 Å². The standard InChI is InChI=1S/C7H10Cl4O2/c1-13-6(12)7(10,11)4-5(9)2-3-8/h5H,2-4H2,1H3. The van der Waals surface area contributed by atoms with Gasteiger partial charge in [0, 0.05) is 17.7 Å². The summed E-state index contributed by atoms with van der Waals surface area (Å²) < 4.78 is 2.82. The van der Waals surface area contributed by atoms with E-state index < -0.39 is 10.3 Å². The molecule has 0 N–H and O–H groups in total. The molecule has 0 heterocycles. The van der Waals surface area contributed by atoms with Crippen LogP contribution < -0.4 is 0 Å². The zero-order valence-corrected chi connectivity index (χ0v) is 10.1. The topological polar surface area (TPSA) is 26.3 Å². The minimum absolute atomic E-state index is 0.122. The highest BCUT2D eigenvalue weighted by atomic mass is 35.5. The maximum absolute atomic E-state index is 11.0. The molecule has 0 radical (unpaired) electrons. The van der Waals surface area contributed by atoms with Crippen molar-refractivity contribution in [3.63, 3.8) is 0 Å². The van der Waals surface area contributed by atoms with Crippen molar-refractivity contribution in [1.82, 2.24) is 0 Å². The van der Waals surface area contributed by atoms with Crippen LogP contribution in [0.15, 0.2) is 0 Å². The van der Waals surface area contributed by atoms with E-state index in [-0.39, 0.29) is 11.8 Å². The largest absolute Gasteiger partial charge is 0.467 e. The molecule has 0 saturated carbocycles. The number of ether oxygens (including phenoxy) is 1. The average molecular weight is 268 g/mol. The van der Waals surface area contributed by atoms with Gasteiger partial charge in [-0.2, -0.15) is 0 Å². The van der Waals surface area contributed by atoms with Gasteiger partial charge in [0.25, 0.3) is 0 Å². The molecule has 0 amide bonds. The van der Waals surface area contributed by atoms with Gasteiger partial charge in [0.1, 0.15) is 0 Å². The molecule has 1 atom stereocenters. The summed E-state index contributed by atoms with van der Waals surface area (Å²) in [7, 11) is 1.21. The first-order valence-corrected chi connectivity index (χ1v) is 5.33. The summed E-state index contributed by atoms with van der Waals surface area (Å²) in [6, 6.07) is 0. The molecule has 0 aliphatic carbocycles. The molecule has 0 aromatic rings. The van der Waals surface area contributed by atoms with Gasteiger partial charge in [-0.1, -0.05) is 23.2 Å². The fraction of sp³-hybridized carbons (Fsp3) is 0.857. The van der Waals surface area contributed by atoms with Crippen LogP contribution in [0.4, 0.5) is 0 Å². The van der Waals surface area contributed by atoms with Gasteiger partial charge in [0.05, 0.1) is 7.11 Å². The van der Waals surface area contributed by atoms with E-state index in [0.717, 1.165) is 0 Å². The Morgan fingerprint density at radius 2 is 2.08 bits per heavy atom. The van der Waals surface area contributed by atoms with E-state index >= 15 is 0 Å². The van der Waals surface area contributed by atoms with Crippen LogP contribution in [0.5, 0.6) is 0 Å². The number of carbonyl (C=O) groups excluding carboxylic acids is 1. The van der Waals surface area contributed by atoms with Crippen LogP contribution in [0.3, 0.4) is 0 Å². The van der Waals surface area contributed by atoms with Crippen molar-refractivity contribution in [1.29, 1.82) is 0 Å². The third-order valence-electron chi connectivity index (χ3n) is 1.38. The Kier molecular flexibility index (Phi) is 6.48. The molecule has 0 aliphatic rings. The lowest BCUT2D eigenvalue weighted by Gasteiger charge is -2.18. The van der Waals surface area contributed by atoms with E-state index in [0.29, 0.717) is 12.3 Å². The number of rotatable bonds is 5. The first kappa shape index (κ1) is 13.6. The molecule has 0 spiro atoms. The Morgan fingerprint density at radius 1 is 1.54 bits per heavy atom. The molecule has 0 rings (SSSR count). The summed E-state index contributed by atoms with van der Waals surface area (Å²) in [6.45, 7) is 0. The molecule has 0 aliphatic heterocycles. The van der Waals surface area contributed by atoms with Gasteiger partial charge in [0.2, 0.25) is 4.33 Å². The summed E-state index contributed by atoms with van der Waals surface area (Å²) in [6.07, 6.45) is 0.665. The zero-order valence-electron chi connectivity index (χ0n) is 7.03. The molecular weight excluding hydrogens is 258 g/mol. The van der Waals surface area contributed by atoms with Crippen LogP contribution in [-0.4, -0.2) is 28.7 Å². The molecule has 0 saturated heterocycles. The number of halogens is 4. The van der Waals surface area contributed by atoms with Crippen molar-refractivity contribution in [3.8, 4) is 0 Å². The van der Waals surface area contributed by atoms with Crippen molar-refractivity contribution in [2.24, 2.45) is 0 Å². The number of hydrogen-bond acceptors (Lipinski definition) is 2. The monoisotopic (exact) mass is 266 g/mol. The minimum Gasteiger partial charge on any atom is -0.467 e. The maximum Gasteiger partial charge on any atom is 0.342 e. The van der Waals surface area contributed by atoms with Gasteiger partial charge in [-0.15, -0.1) is 23.2 Å². The summed E-state index contributed by atoms with van der Waals surface area (Å²) >= 11 is 22.6. The second kappa shape index (κ2) is 6.18. The van der Waals surface area contributed by atoms with Gasteiger partial charge in [-0.05, 0) is 6.42 Å². The Bertz CT molecular complexity index is 172. The highest BCUT2D eigenvalue weighted by molar-refractivity contribution is 6.57. The van der Waals surface area contributed by atoms with E-state index in [4.69, 9.17) is 46.4 Å². The quantitative estimate of drug-likeness (QED) is 0.566. The summed E-state index contributed by atoms with van der Waals surface area (Å²) in [5, 5.41) is -0.327. The normalized spacial score (nSPS) is 13.9. The highest BCUT2D eigenvalue weighted by Gasteiger charge is 2.36. The third-order valence-corrected chi connectivity index (χ3v) is 2.59. The van der Waals surface area contributed by atoms with Crippen molar-refractivity contribution in [3.05, 3.63) is 0 Å². The molecule has 1 unspecified atom stereocenters. The zero-order chi connectivity index (χ0) is 10.5. The van der Waals surface area contributed by atoms with Gasteiger partial charge in [0.15, 0.2) is 0 Å². The lowest BCUT2D eigenvalue weighted by Crippen LogP contribution is -2.30. The molecule has 13 heavy (non-hydrogen) atoms. The van der Waals surface area contributed by atoms with Gasteiger partial charge < -0.3 is 4.74 Å². The lowest BCUT2D eigenvalue weighted by atomic mass is 10.2. The fourth-order valence-electron chi connectivity index (χ4n) is 0.731. The van der Waals surface area contributed by atoms with E-state index in [2.05, 4.69) is 4.74 Å². The van der Waals surface area contributed by atoms with E-state index in [1.165, 1.54) is 7.11 Å². The molecular formula is C7H10Cl4O2. The summed E-state index contributed by atoms with van der Waals surface area (Å²) in [5.74, 6) is -0.296. The van der Waals surface area contributed by atoms with Gasteiger partial charge in [-0.25, -0.2) is 4.79 Å². The Hall–Kier alpha value is 0.630. The summed E-state index contributed by atoms with van der Waals surface area (Å²) in [4.78, 5) is 11.0. The smallest absolute Gasteiger partial charge is 0.342 e. The van der Waals surface area contributed by atoms with Crippen molar-refractivity contribution in [2.75, 3.05) is 13.0 Å². The molecule has 78 valence electrons. The van der Waals surface area contributed by atoms with Crippen LogP contribution in [-0.2, 0) is 9.53 Å². The van der Waals surface area contributed by atoms with Crippen molar-refractivity contribution < 1.29 is 9.53 Å². The lowest BCUT2D eigenvalue weighted by molar-refractivity contribution is -0.141. The predicted molar refractivity (Wildman–Crippen MR) is 56.0 cm³/mol. The number of esters is 1. The molecule has 2 nitrogen and oxygen atoms in total. The summed E-state index contributed by atoms with van der Waals surface area (Å²) in [5.41, 5.74) is 0. The van der Waals surface area contributed by atoms with Crippen LogP contribution in [0, 0.1) is 0 Å². The van der Waals surface area contributed by atoms with Crippen LogP contribution >= 0.6 is 46.4 Å². The van der Waals surface area contributed by atoms with Gasteiger partial charge in [-0.3, -0.25) is 0 Å². The van der Waals surface area contributed by atoms with Crippen molar-refractivity contribution >= 4 is 52.4 Å². The van der Waals surface area contributed by atoms with Crippen LogP contribution in [0.2, 0.25) is 0 Å². The minimum atomic E-state index is -1.58. The molecule has 0 fully saturated rings. The molecule has 6 heteroatoms. The second-order valence-corrected chi connectivity index (χ2v) is 4.95.